The molecule has 0 atom stereocenters. The van der Waals surface area contributed by atoms with Crippen molar-refractivity contribution in [3.63, 3.8) is 0 Å². The van der Waals surface area contributed by atoms with Crippen molar-refractivity contribution in [2.45, 2.75) is 24.8 Å². The smallest absolute Gasteiger partial charge is 0.252 e. The molecule has 0 aliphatic carbocycles. The van der Waals surface area contributed by atoms with Crippen LogP contribution in [0.15, 0.2) is 46.3 Å². The first-order chi connectivity index (χ1) is 14.1. The maximum absolute atomic E-state index is 12.6. The monoisotopic (exact) mass is 426 g/mol. The highest BCUT2D eigenvalue weighted by molar-refractivity contribution is 7.99. The van der Waals surface area contributed by atoms with E-state index in [2.05, 4.69) is 17.8 Å². The molecule has 2 aromatic carbocycles. The minimum atomic E-state index is -0.211. The third kappa shape index (κ3) is 4.84. The van der Waals surface area contributed by atoms with Gasteiger partial charge in [-0.25, -0.2) is 0 Å². The number of amides is 1. The first-order valence-corrected chi connectivity index (χ1v) is 10.9. The van der Waals surface area contributed by atoms with Gasteiger partial charge in [-0.05, 0) is 23.4 Å². The van der Waals surface area contributed by atoms with Gasteiger partial charge in [0, 0.05) is 17.0 Å². The summed E-state index contributed by atoms with van der Waals surface area (Å²) in [6.07, 6.45) is 5.79. The van der Waals surface area contributed by atoms with Crippen LogP contribution in [0.4, 0.5) is 0 Å². The minimum Gasteiger partial charge on any atom is -0.493 e. The van der Waals surface area contributed by atoms with Gasteiger partial charge in [-0.2, -0.15) is 4.99 Å². The zero-order valence-electron chi connectivity index (χ0n) is 16.6. The summed E-state index contributed by atoms with van der Waals surface area (Å²) in [7, 11) is 3.17. The van der Waals surface area contributed by atoms with Gasteiger partial charge in [-0.3, -0.25) is 4.79 Å². The van der Waals surface area contributed by atoms with Crippen LogP contribution >= 0.6 is 23.1 Å². The average molecular weight is 427 g/mol. The zero-order valence-corrected chi connectivity index (χ0v) is 18.2. The van der Waals surface area contributed by atoms with E-state index >= 15 is 0 Å². The summed E-state index contributed by atoms with van der Waals surface area (Å²) in [6, 6.07) is 11.7. The van der Waals surface area contributed by atoms with Crippen LogP contribution in [0, 0.1) is 12.3 Å². The topological polar surface area (TPSA) is 52.8 Å². The summed E-state index contributed by atoms with van der Waals surface area (Å²) in [5.74, 6) is 4.67. The number of methoxy groups -OCH3 is 2. The normalized spacial score (nSPS) is 11.4. The second kappa shape index (κ2) is 9.68. The number of benzene rings is 2. The number of carbonyl (C=O) groups excluding carboxylic acids is 1. The van der Waals surface area contributed by atoms with Crippen LogP contribution in [0.1, 0.15) is 12.5 Å². The van der Waals surface area contributed by atoms with Gasteiger partial charge in [-0.15, -0.1) is 18.2 Å². The van der Waals surface area contributed by atoms with Crippen LogP contribution in [-0.2, 0) is 17.8 Å². The lowest BCUT2D eigenvalue weighted by atomic mass is 10.1. The lowest BCUT2D eigenvalue weighted by molar-refractivity contribution is -0.117. The summed E-state index contributed by atoms with van der Waals surface area (Å²) in [4.78, 5) is 18.7. The third-order valence-electron chi connectivity index (χ3n) is 4.25. The van der Waals surface area contributed by atoms with Gasteiger partial charge in [0.25, 0.3) is 5.91 Å². The molecule has 0 saturated carbocycles. The molecule has 0 bridgehead atoms. The summed E-state index contributed by atoms with van der Waals surface area (Å²) in [5, 5.41) is 0. The van der Waals surface area contributed by atoms with Crippen LogP contribution < -0.4 is 14.3 Å². The number of thioether (sulfide) groups is 1. The number of terminal acetylenes is 1. The van der Waals surface area contributed by atoms with Gasteiger partial charge in [0.05, 0.1) is 37.4 Å². The standard InChI is InChI=1S/C22H22N2O3S2/c1-5-11-24-17-13-18(26-3)19(27-4)14-20(17)29-22(24)23-21(25)12-15-7-9-16(10-8-15)28-6-2/h1,7-10,13-14H,6,11-12H2,2-4H3. The molecule has 0 unspecified atom stereocenters. The molecule has 1 heterocycles. The molecule has 0 fully saturated rings. The Balaban J connectivity index is 1.96. The molecule has 3 aromatic rings. The molecule has 7 heteroatoms. The number of rotatable bonds is 7. The Morgan fingerprint density at radius 3 is 2.52 bits per heavy atom. The summed E-state index contributed by atoms with van der Waals surface area (Å²) < 4.78 is 13.5. The fourth-order valence-electron chi connectivity index (χ4n) is 2.92. The second-order valence-corrected chi connectivity index (χ2v) is 8.46. The molecule has 3 rings (SSSR count). The molecule has 0 aliphatic rings. The Morgan fingerprint density at radius 2 is 1.90 bits per heavy atom. The van der Waals surface area contributed by atoms with E-state index in [1.165, 1.54) is 16.2 Å². The van der Waals surface area contributed by atoms with Crippen molar-refractivity contribution in [3.05, 3.63) is 46.8 Å². The second-order valence-electron chi connectivity index (χ2n) is 6.11. The Morgan fingerprint density at radius 1 is 1.21 bits per heavy atom. The van der Waals surface area contributed by atoms with Crippen molar-refractivity contribution in [2.75, 3.05) is 20.0 Å². The maximum Gasteiger partial charge on any atom is 0.252 e. The quantitative estimate of drug-likeness (QED) is 0.421. The van der Waals surface area contributed by atoms with E-state index < -0.39 is 0 Å². The Bertz CT molecular complexity index is 1120. The van der Waals surface area contributed by atoms with Crippen molar-refractivity contribution < 1.29 is 14.3 Å². The van der Waals surface area contributed by atoms with Gasteiger partial charge >= 0.3 is 0 Å². The number of ether oxygens (including phenoxy) is 2. The van der Waals surface area contributed by atoms with Gasteiger partial charge in [0.1, 0.15) is 0 Å². The molecular formula is C22H22N2O3S2. The molecule has 1 amide bonds. The summed E-state index contributed by atoms with van der Waals surface area (Å²) >= 11 is 3.17. The first-order valence-electron chi connectivity index (χ1n) is 9.07. The fourth-order valence-corrected chi connectivity index (χ4v) is 4.64. The number of aromatic nitrogens is 1. The van der Waals surface area contributed by atoms with E-state index in [1.54, 1.807) is 26.0 Å². The summed E-state index contributed by atoms with van der Waals surface area (Å²) in [5.41, 5.74) is 1.80. The number of thiazole rings is 1. The van der Waals surface area contributed by atoms with Crippen LogP contribution in [0.3, 0.4) is 0 Å². The van der Waals surface area contributed by atoms with Gasteiger partial charge < -0.3 is 14.0 Å². The van der Waals surface area contributed by atoms with E-state index in [1.807, 2.05) is 41.0 Å². The van der Waals surface area contributed by atoms with E-state index in [0.29, 0.717) is 22.8 Å². The highest BCUT2D eigenvalue weighted by Gasteiger charge is 2.13. The number of fused-ring (bicyclic) bond motifs is 1. The molecule has 0 radical (unpaired) electrons. The molecule has 150 valence electrons. The van der Waals surface area contributed by atoms with E-state index in [0.717, 1.165) is 21.5 Å². The minimum absolute atomic E-state index is 0.211. The third-order valence-corrected chi connectivity index (χ3v) is 6.18. The molecule has 1 aromatic heterocycles. The Hall–Kier alpha value is -2.69. The van der Waals surface area contributed by atoms with Crippen molar-refractivity contribution in [3.8, 4) is 23.8 Å². The molecule has 0 spiro atoms. The average Bonchev–Trinajstić information content (AvgIpc) is 3.04. The van der Waals surface area contributed by atoms with Gasteiger partial charge in [0.2, 0.25) is 0 Å². The lowest BCUT2D eigenvalue weighted by Crippen LogP contribution is -2.17. The highest BCUT2D eigenvalue weighted by Crippen LogP contribution is 2.33. The fraction of sp³-hybridized carbons (Fsp3) is 0.273. The molecule has 0 saturated heterocycles. The van der Waals surface area contributed by atoms with E-state index in [-0.39, 0.29) is 12.3 Å². The zero-order chi connectivity index (χ0) is 20.8. The maximum atomic E-state index is 12.6. The molecule has 0 aliphatic heterocycles. The molecule has 5 nitrogen and oxygen atoms in total. The van der Waals surface area contributed by atoms with Crippen molar-refractivity contribution >= 4 is 39.2 Å². The molecule has 29 heavy (non-hydrogen) atoms. The first kappa shape index (κ1) is 21.0. The Kier molecular flexibility index (Phi) is 7.02. The van der Waals surface area contributed by atoms with Crippen LogP contribution in [0.5, 0.6) is 11.5 Å². The predicted octanol–water partition coefficient (Wildman–Crippen LogP) is 4.14. The SMILES string of the molecule is C#CCn1c(=NC(=O)Cc2ccc(SCC)cc2)sc2cc(OC)c(OC)cc21. The van der Waals surface area contributed by atoms with Crippen molar-refractivity contribution in [2.24, 2.45) is 4.99 Å². The van der Waals surface area contributed by atoms with E-state index in [4.69, 9.17) is 15.9 Å². The van der Waals surface area contributed by atoms with Crippen LogP contribution in [-0.4, -0.2) is 30.4 Å². The molecular weight excluding hydrogens is 404 g/mol. The van der Waals surface area contributed by atoms with Crippen LogP contribution in [0.25, 0.3) is 10.2 Å². The summed E-state index contributed by atoms with van der Waals surface area (Å²) in [6.45, 7) is 2.42. The number of carbonyl (C=O) groups is 1. The van der Waals surface area contributed by atoms with E-state index in [9.17, 15) is 4.79 Å². The number of hydrogen-bond donors (Lipinski definition) is 0. The van der Waals surface area contributed by atoms with Crippen LogP contribution in [0.2, 0.25) is 0 Å². The van der Waals surface area contributed by atoms with Gasteiger partial charge in [0.15, 0.2) is 16.3 Å². The van der Waals surface area contributed by atoms with Gasteiger partial charge in [-0.1, -0.05) is 36.3 Å². The van der Waals surface area contributed by atoms with Crippen molar-refractivity contribution in [1.82, 2.24) is 4.57 Å². The number of hydrogen-bond acceptors (Lipinski definition) is 5. The van der Waals surface area contributed by atoms with Crippen molar-refractivity contribution in [1.29, 1.82) is 0 Å². The lowest BCUT2D eigenvalue weighted by Gasteiger charge is -2.08. The highest BCUT2D eigenvalue weighted by atomic mass is 32.2. The Labute approximate surface area is 178 Å². The molecule has 0 N–H and O–H groups in total. The number of nitrogens with zero attached hydrogens (tertiary/aromatic N) is 2. The largest absolute Gasteiger partial charge is 0.493 e. The predicted molar refractivity (Wildman–Crippen MR) is 119 cm³/mol.